The summed E-state index contributed by atoms with van der Waals surface area (Å²) < 4.78 is 2.03. The topological polar surface area (TPSA) is 41.6 Å². The highest BCUT2D eigenvalue weighted by molar-refractivity contribution is 9.11. The molecule has 1 N–H and O–H groups in total. The Morgan fingerprint density at radius 2 is 2.00 bits per heavy atom. The minimum atomic E-state index is 0.750. The fraction of sp³-hybridized carbons (Fsp3) is 0.0769. The molecule has 0 aliphatic heterocycles. The van der Waals surface area contributed by atoms with E-state index in [2.05, 4.69) is 46.8 Å². The lowest BCUT2D eigenvalue weighted by Crippen LogP contribution is -1.82. The van der Waals surface area contributed by atoms with Crippen LogP contribution < -0.4 is 0 Å². The van der Waals surface area contributed by atoms with Crippen molar-refractivity contribution in [1.82, 2.24) is 15.0 Å². The molecule has 1 aromatic carbocycles. The Hall–Kier alpha value is -1.20. The van der Waals surface area contributed by atoms with Crippen LogP contribution in [-0.2, 0) is 0 Å². The molecule has 18 heavy (non-hydrogen) atoms. The number of rotatable bonds is 1. The minimum absolute atomic E-state index is 0.750. The Kier molecular flexibility index (Phi) is 2.95. The summed E-state index contributed by atoms with van der Waals surface area (Å²) in [6.45, 7) is 2.04. The van der Waals surface area contributed by atoms with Gasteiger partial charge in [-0.3, -0.25) is 0 Å². The van der Waals surface area contributed by atoms with Crippen LogP contribution in [0.4, 0.5) is 0 Å². The molecule has 0 fully saturated rings. The summed E-state index contributed by atoms with van der Waals surface area (Å²) in [7, 11) is 0. The summed E-state index contributed by atoms with van der Waals surface area (Å²) in [4.78, 5) is 12.1. The Morgan fingerprint density at radius 3 is 2.72 bits per heavy atom. The Bertz CT molecular complexity index is 734. The molecule has 0 amide bonds. The van der Waals surface area contributed by atoms with Gasteiger partial charge in [0.2, 0.25) is 0 Å². The van der Waals surface area contributed by atoms with E-state index in [1.807, 2.05) is 31.2 Å². The summed E-state index contributed by atoms with van der Waals surface area (Å²) in [5.74, 6) is 0.825. The van der Waals surface area contributed by atoms with Crippen LogP contribution in [0.15, 0.2) is 39.4 Å². The molecular formula is C13H9Br2N3. The number of fused-ring (bicyclic) bond motifs is 1. The summed E-state index contributed by atoms with van der Waals surface area (Å²) in [5, 5.41) is 0. The summed E-state index contributed by atoms with van der Waals surface area (Å²) in [6, 6.07) is 7.98. The first-order valence-electron chi connectivity index (χ1n) is 5.42. The van der Waals surface area contributed by atoms with E-state index in [4.69, 9.17) is 0 Å². The van der Waals surface area contributed by atoms with E-state index < -0.39 is 0 Å². The molecule has 2 aromatic heterocycles. The Balaban J connectivity index is 2.23. The van der Waals surface area contributed by atoms with Gasteiger partial charge in [0.15, 0.2) is 5.65 Å². The summed E-state index contributed by atoms with van der Waals surface area (Å²) >= 11 is 6.99. The number of benzene rings is 1. The maximum Gasteiger partial charge on any atom is 0.178 e. The zero-order valence-electron chi connectivity index (χ0n) is 9.54. The number of hydrogen-bond acceptors (Lipinski definition) is 2. The third kappa shape index (κ3) is 1.97. The SMILES string of the molecule is Cc1ccnc2nc(-c3ccc(Br)cc3Br)[nH]c12. The van der Waals surface area contributed by atoms with Crippen molar-refractivity contribution in [3.05, 3.63) is 45.0 Å². The molecule has 3 rings (SSSR count). The van der Waals surface area contributed by atoms with E-state index >= 15 is 0 Å². The number of aryl methyl sites for hydroxylation is 1. The number of halogens is 2. The minimum Gasteiger partial charge on any atom is -0.336 e. The monoisotopic (exact) mass is 365 g/mol. The van der Waals surface area contributed by atoms with Gasteiger partial charge in [-0.15, -0.1) is 0 Å². The lowest BCUT2D eigenvalue weighted by Gasteiger charge is -2.00. The third-order valence-corrected chi connectivity index (χ3v) is 3.94. The van der Waals surface area contributed by atoms with Gasteiger partial charge < -0.3 is 4.98 Å². The highest BCUT2D eigenvalue weighted by Gasteiger charge is 2.10. The molecule has 3 aromatic rings. The lowest BCUT2D eigenvalue weighted by atomic mass is 10.2. The summed E-state index contributed by atoms with van der Waals surface area (Å²) in [5.41, 5.74) is 3.91. The average molecular weight is 367 g/mol. The van der Waals surface area contributed by atoms with E-state index in [1.165, 1.54) is 0 Å². The highest BCUT2D eigenvalue weighted by atomic mass is 79.9. The first-order valence-corrected chi connectivity index (χ1v) is 7.00. The van der Waals surface area contributed by atoms with Gasteiger partial charge in [0.25, 0.3) is 0 Å². The molecule has 0 atom stereocenters. The second kappa shape index (κ2) is 4.48. The molecule has 2 heterocycles. The lowest BCUT2D eigenvalue weighted by molar-refractivity contribution is 1.29. The van der Waals surface area contributed by atoms with Crippen LogP contribution in [0, 0.1) is 6.92 Å². The molecule has 0 radical (unpaired) electrons. The molecule has 3 nitrogen and oxygen atoms in total. The predicted molar refractivity (Wildman–Crippen MR) is 79.5 cm³/mol. The molecule has 0 bridgehead atoms. The van der Waals surface area contributed by atoms with Crippen LogP contribution in [0.3, 0.4) is 0 Å². The van der Waals surface area contributed by atoms with Crippen molar-refractivity contribution in [2.45, 2.75) is 6.92 Å². The van der Waals surface area contributed by atoms with Gasteiger partial charge in [-0.2, -0.15) is 0 Å². The second-order valence-electron chi connectivity index (χ2n) is 4.04. The third-order valence-electron chi connectivity index (χ3n) is 2.79. The molecule has 0 aliphatic rings. The summed E-state index contributed by atoms with van der Waals surface area (Å²) in [6.07, 6.45) is 1.78. The first kappa shape index (κ1) is 11.9. The first-order chi connectivity index (χ1) is 8.65. The highest BCUT2D eigenvalue weighted by Crippen LogP contribution is 2.30. The maximum atomic E-state index is 4.52. The Morgan fingerprint density at radius 1 is 1.17 bits per heavy atom. The average Bonchev–Trinajstić information content (AvgIpc) is 2.74. The predicted octanol–water partition coefficient (Wildman–Crippen LogP) is 4.46. The van der Waals surface area contributed by atoms with Crippen LogP contribution in [0.5, 0.6) is 0 Å². The number of H-pyrrole nitrogens is 1. The smallest absolute Gasteiger partial charge is 0.178 e. The van der Waals surface area contributed by atoms with Crippen molar-refractivity contribution in [2.24, 2.45) is 0 Å². The zero-order valence-corrected chi connectivity index (χ0v) is 12.7. The van der Waals surface area contributed by atoms with Gasteiger partial charge in [-0.25, -0.2) is 9.97 Å². The Labute approximate surface area is 121 Å². The molecule has 0 saturated heterocycles. The number of nitrogens with one attached hydrogen (secondary N) is 1. The van der Waals surface area contributed by atoms with Crippen molar-refractivity contribution in [2.75, 3.05) is 0 Å². The van der Waals surface area contributed by atoms with Gasteiger partial charge in [0.05, 0.1) is 5.52 Å². The van der Waals surface area contributed by atoms with E-state index in [-0.39, 0.29) is 0 Å². The fourth-order valence-electron chi connectivity index (χ4n) is 1.84. The van der Waals surface area contributed by atoms with Gasteiger partial charge in [-0.05, 0) is 52.7 Å². The van der Waals surface area contributed by atoms with Gasteiger partial charge >= 0.3 is 0 Å². The van der Waals surface area contributed by atoms with Crippen molar-refractivity contribution in [3.63, 3.8) is 0 Å². The van der Waals surface area contributed by atoms with Gasteiger partial charge in [0.1, 0.15) is 5.82 Å². The van der Waals surface area contributed by atoms with Crippen LogP contribution in [-0.4, -0.2) is 15.0 Å². The number of hydrogen-bond donors (Lipinski definition) is 1. The van der Waals surface area contributed by atoms with Crippen molar-refractivity contribution >= 4 is 43.0 Å². The van der Waals surface area contributed by atoms with Gasteiger partial charge in [-0.1, -0.05) is 15.9 Å². The standard InChI is InChI=1S/C13H9Br2N3/c1-7-4-5-16-13-11(7)17-12(18-13)9-3-2-8(14)6-10(9)15/h2-6H,1H3,(H,16,17,18). The van der Waals surface area contributed by atoms with Crippen LogP contribution in [0.1, 0.15) is 5.56 Å². The van der Waals surface area contributed by atoms with E-state index in [0.717, 1.165) is 37.1 Å². The number of nitrogens with zero attached hydrogens (tertiary/aromatic N) is 2. The van der Waals surface area contributed by atoms with Gasteiger partial charge in [0, 0.05) is 20.7 Å². The molecule has 90 valence electrons. The van der Waals surface area contributed by atoms with Crippen molar-refractivity contribution < 1.29 is 0 Å². The zero-order chi connectivity index (χ0) is 12.7. The molecule has 0 unspecified atom stereocenters. The molecule has 0 saturated carbocycles. The van der Waals surface area contributed by atoms with E-state index in [0.29, 0.717) is 0 Å². The fourth-order valence-corrected chi connectivity index (χ4v) is 3.08. The molecular weight excluding hydrogens is 358 g/mol. The van der Waals surface area contributed by atoms with Crippen LogP contribution >= 0.6 is 31.9 Å². The molecule has 0 spiro atoms. The van der Waals surface area contributed by atoms with E-state index in [9.17, 15) is 0 Å². The van der Waals surface area contributed by atoms with Crippen LogP contribution in [0.25, 0.3) is 22.6 Å². The second-order valence-corrected chi connectivity index (χ2v) is 5.81. The van der Waals surface area contributed by atoms with Crippen molar-refractivity contribution in [1.29, 1.82) is 0 Å². The largest absolute Gasteiger partial charge is 0.336 e. The normalized spacial score (nSPS) is 11.1. The van der Waals surface area contributed by atoms with E-state index in [1.54, 1.807) is 6.20 Å². The van der Waals surface area contributed by atoms with Crippen LogP contribution in [0.2, 0.25) is 0 Å². The molecule has 5 heteroatoms. The van der Waals surface area contributed by atoms with Crippen molar-refractivity contribution in [3.8, 4) is 11.4 Å². The molecule has 0 aliphatic carbocycles. The maximum absolute atomic E-state index is 4.52. The number of imidazole rings is 1. The quantitative estimate of drug-likeness (QED) is 0.690. The number of pyridine rings is 1. The number of aromatic nitrogens is 3. The number of aromatic amines is 1.